The van der Waals surface area contributed by atoms with Crippen LogP contribution in [0, 0.1) is 0 Å². The van der Waals surface area contributed by atoms with Crippen LogP contribution in [0.5, 0.6) is 0 Å². The summed E-state index contributed by atoms with van der Waals surface area (Å²) in [6.07, 6.45) is 3.74. The molecule has 230 valence electrons. The molecule has 0 radical (unpaired) electrons. The van der Waals surface area contributed by atoms with Crippen molar-refractivity contribution in [3.8, 4) is 49.1 Å². The van der Waals surface area contributed by atoms with Gasteiger partial charge in [-0.25, -0.2) is 9.97 Å². The van der Waals surface area contributed by atoms with Gasteiger partial charge in [0.05, 0.1) is 11.0 Å². The van der Waals surface area contributed by atoms with Crippen molar-refractivity contribution in [3.63, 3.8) is 0 Å². The van der Waals surface area contributed by atoms with Crippen molar-refractivity contribution in [2.24, 2.45) is 0 Å². The number of benzene rings is 7. The molecule has 0 aliphatic rings. The first-order valence-electron chi connectivity index (χ1n) is 16.3. The molecule has 3 heterocycles. The van der Waals surface area contributed by atoms with E-state index in [-0.39, 0.29) is 0 Å². The lowest BCUT2D eigenvalue weighted by Crippen LogP contribution is -1.95. The van der Waals surface area contributed by atoms with Gasteiger partial charge in [-0.2, -0.15) is 0 Å². The van der Waals surface area contributed by atoms with Crippen LogP contribution in [-0.2, 0) is 0 Å². The van der Waals surface area contributed by atoms with Gasteiger partial charge in [0.1, 0.15) is 10.0 Å². The summed E-state index contributed by atoms with van der Waals surface area (Å²) in [4.78, 5) is 9.12. The molecule has 0 bridgehead atoms. The second-order valence-corrected chi connectivity index (χ2v) is 14.0. The minimum absolute atomic E-state index is 1.03. The number of para-hydroxylation sites is 2. The molecule has 0 spiro atoms. The highest BCUT2D eigenvalue weighted by molar-refractivity contribution is 7.13. The molecule has 7 aromatic carbocycles. The van der Waals surface area contributed by atoms with Crippen molar-refractivity contribution >= 4 is 66.0 Å². The number of hydrogen-bond acceptors (Lipinski definition) is 4. The Balaban J connectivity index is 1.33. The summed E-state index contributed by atoms with van der Waals surface area (Å²) >= 11 is 3.34. The zero-order valence-electron chi connectivity index (χ0n) is 26.2. The fourth-order valence-corrected chi connectivity index (χ4v) is 8.70. The number of rotatable bonds is 5. The third-order valence-corrected chi connectivity index (χ3v) is 11.2. The van der Waals surface area contributed by atoms with E-state index < -0.39 is 0 Å². The van der Waals surface area contributed by atoms with Crippen LogP contribution in [0.1, 0.15) is 0 Å². The lowest BCUT2D eigenvalue weighted by molar-refractivity contribution is 1.18. The summed E-state index contributed by atoms with van der Waals surface area (Å²) in [6.45, 7) is 0. The molecule has 0 aliphatic carbocycles. The molecule has 10 rings (SSSR count). The van der Waals surface area contributed by atoms with Gasteiger partial charge in [0.15, 0.2) is 0 Å². The van der Waals surface area contributed by atoms with Crippen LogP contribution in [0.2, 0.25) is 0 Å². The van der Waals surface area contributed by atoms with E-state index in [0.29, 0.717) is 0 Å². The number of fused-ring (bicyclic) bond motifs is 5. The molecule has 0 saturated heterocycles. The lowest BCUT2D eigenvalue weighted by Gasteiger charge is -2.19. The number of hydrogen-bond donors (Lipinski definition) is 0. The Hall–Kier alpha value is -5.88. The van der Waals surface area contributed by atoms with Crippen molar-refractivity contribution in [2.75, 3.05) is 0 Å². The van der Waals surface area contributed by atoms with Crippen molar-refractivity contribution in [1.29, 1.82) is 0 Å². The fourth-order valence-electron chi connectivity index (χ4n) is 7.41. The SMILES string of the molecule is c1ccc(-n2c3ccccc3c3cc4c(-c5ccc(-c6nccs6)cc5)c5ccccc5c(-c5ccc(-c6nccs6)cc5)c4cc32)cc1. The third-order valence-electron chi connectivity index (χ3n) is 9.54. The van der Waals surface area contributed by atoms with Crippen LogP contribution >= 0.6 is 22.7 Å². The molecule has 49 heavy (non-hydrogen) atoms. The monoisotopic (exact) mass is 661 g/mol. The number of aromatic nitrogens is 3. The topological polar surface area (TPSA) is 30.7 Å². The second kappa shape index (κ2) is 11.4. The summed E-state index contributed by atoms with van der Waals surface area (Å²) < 4.78 is 2.41. The maximum Gasteiger partial charge on any atom is 0.123 e. The van der Waals surface area contributed by atoms with E-state index in [2.05, 4.69) is 154 Å². The summed E-state index contributed by atoms with van der Waals surface area (Å²) in [5.74, 6) is 0. The minimum atomic E-state index is 1.03. The Morgan fingerprint density at radius 3 is 1.43 bits per heavy atom. The Morgan fingerprint density at radius 1 is 0.388 bits per heavy atom. The van der Waals surface area contributed by atoms with Crippen LogP contribution in [0.15, 0.2) is 163 Å². The first-order valence-corrected chi connectivity index (χ1v) is 18.1. The van der Waals surface area contributed by atoms with Crippen LogP contribution in [0.3, 0.4) is 0 Å². The molecule has 0 unspecified atom stereocenters. The van der Waals surface area contributed by atoms with Crippen LogP contribution < -0.4 is 0 Å². The molecule has 10 aromatic rings. The molecular formula is C44H27N3S2. The van der Waals surface area contributed by atoms with Gasteiger partial charge >= 0.3 is 0 Å². The molecular weight excluding hydrogens is 635 g/mol. The summed E-state index contributed by atoms with van der Waals surface area (Å²) in [7, 11) is 0. The molecule has 3 aromatic heterocycles. The second-order valence-electron chi connectivity index (χ2n) is 12.2. The van der Waals surface area contributed by atoms with Crippen molar-refractivity contribution in [2.45, 2.75) is 0 Å². The molecule has 5 heteroatoms. The van der Waals surface area contributed by atoms with Gasteiger partial charge in [0.25, 0.3) is 0 Å². The van der Waals surface area contributed by atoms with Gasteiger partial charge in [0, 0.05) is 50.7 Å². The van der Waals surface area contributed by atoms with Crippen molar-refractivity contribution in [1.82, 2.24) is 14.5 Å². The quantitative estimate of drug-likeness (QED) is 0.172. The lowest BCUT2D eigenvalue weighted by atomic mass is 9.85. The first-order chi connectivity index (χ1) is 24.3. The van der Waals surface area contributed by atoms with E-state index in [1.807, 2.05) is 23.2 Å². The largest absolute Gasteiger partial charge is 0.309 e. The Labute approximate surface area is 291 Å². The van der Waals surface area contributed by atoms with Gasteiger partial charge in [-0.3, -0.25) is 0 Å². The van der Waals surface area contributed by atoms with Gasteiger partial charge < -0.3 is 4.57 Å². The maximum atomic E-state index is 4.56. The van der Waals surface area contributed by atoms with E-state index in [4.69, 9.17) is 0 Å². The van der Waals surface area contributed by atoms with Crippen LogP contribution in [0.25, 0.3) is 92.4 Å². The minimum Gasteiger partial charge on any atom is -0.309 e. The normalized spacial score (nSPS) is 11.7. The predicted octanol–water partition coefficient (Wildman–Crippen LogP) is 12.7. The Bertz CT molecular complexity index is 2780. The van der Waals surface area contributed by atoms with E-state index >= 15 is 0 Å². The van der Waals surface area contributed by atoms with Crippen molar-refractivity contribution in [3.05, 3.63) is 163 Å². The molecule has 0 saturated carbocycles. The van der Waals surface area contributed by atoms with Crippen LogP contribution in [-0.4, -0.2) is 14.5 Å². The summed E-state index contributed by atoms with van der Waals surface area (Å²) in [5, 5.41) is 13.6. The highest BCUT2D eigenvalue weighted by Crippen LogP contribution is 2.47. The van der Waals surface area contributed by atoms with Gasteiger partial charge in [-0.05, 0) is 74.1 Å². The Kier molecular flexibility index (Phi) is 6.54. The maximum absolute atomic E-state index is 4.56. The first kappa shape index (κ1) is 28.2. The van der Waals surface area contributed by atoms with Gasteiger partial charge in [-0.1, -0.05) is 109 Å². The summed E-state index contributed by atoms with van der Waals surface area (Å²) in [6, 6.07) is 51.1. The van der Waals surface area contributed by atoms with E-state index in [1.54, 1.807) is 22.7 Å². The number of nitrogens with zero attached hydrogens (tertiary/aromatic N) is 3. The molecule has 0 N–H and O–H groups in total. The third kappa shape index (κ3) is 4.55. The van der Waals surface area contributed by atoms with E-state index in [0.717, 1.165) is 26.8 Å². The fraction of sp³-hybridized carbons (Fsp3) is 0. The van der Waals surface area contributed by atoms with Gasteiger partial charge in [0.2, 0.25) is 0 Å². The smallest absolute Gasteiger partial charge is 0.123 e. The number of thiazole rings is 2. The predicted molar refractivity (Wildman–Crippen MR) is 209 cm³/mol. The average Bonchev–Trinajstić information content (AvgIpc) is 3.96. The van der Waals surface area contributed by atoms with Crippen LogP contribution in [0.4, 0.5) is 0 Å². The van der Waals surface area contributed by atoms with E-state index in [9.17, 15) is 0 Å². The zero-order chi connectivity index (χ0) is 32.3. The molecule has 0 amide bonds. The Morgan fingerprint density at radius 2 is 0.878 bits per heavy atom. The molecule has 0 aliphatic heterocycles. The molecule has 0 fully saturated rings. The standard InChI is InChI=1S/C44H27N3S2/c1-2-8-32(9-3-1)47-39-13-7-6-10-33(39)36-26-37-38(27-40(36)47)42(29-16-20-31(21-17-29)44-46-23-25-49-44)35-12-5-4-11-34(35)41(37)28-14-18-30(19-15-28)43-45-22-24-48-43/h1-27H. The van der Waals surface area contributed by atoms with E-state index in [1.165, 1.54) is 65.6 Å². The summed E-state index contributed by atoms with van der Waals surface area (Å²) in [5.41, 5.74) is 10.7. The van der Waals surface area contributed by atoms with Crippen molar-refractivity contribution < 1.29 is 0 Å². The molecule has 3 nitrogen and oxygen atoms in total. The molecule has 0 atom stereocenters. The highest BCUT2D eigenvalue weighted by Gasteiger charge is 2.21. The average molecular weight is 662 g/mol. The van der Waals surface area contributed by atoms with Gasteiger partial charge in [-0.15, -0.1) is 22.7 Å². The highest BCUT2D eigenvalue weighted by atomic mass is 32.1. The zero-order valence-corrected chi connectivity index (χ0v) is 27.9.